The quantitative estimate of drug-likeness (QED) is 0.486. The van der Waals surface area contributed by atoms with Crippen LogP contribution in [0, 0.1) is 0 Å². The van der Waals surface area contributed by atoms with Crippen LogP contribution in [-0.4, -0.2) is 30.2 Å². The van der Waals surface area contributed by atoms with Crippen LogP contribution in [0.4, 0.5) is 0 Å². The monoisotopic (exact) mass is 142 g/mol. The van der Waals surface area contributed by atoms with Gasteiger partial charge in [0.25, 0.3) is 0 Å². The van der Waals surface area contributed by atoms with Crippen molar-refractivity contribution in [2.24, 2.45) is 0 Å². The summed E-state index contributed by atoms with van der Waals surface area (Å²) in [4.78, 5) is 0. The Morgan fingerprint density at radius 3 is 2.60 bits per heavy atom. The fraction of sp³-hybridized carbons (Fsp3) is 0.714. The van der Waals surface area contributed by atoms with Crippen LogP contribution in [0.15, 0.2) is 12.2 Å². The first kappa shape index (κ1) is 6.34. The molecule has 10 heavy (non-hydrogen) atoms. The summed E-state index contributed by atoms with van der Waals surface area (Å²) in [5.41, 5.74) is 0. The first-order valence-corrected chi connectivity index (χ1v) is 3.46. The third-order valence-electron chi connectivity index (χ3n) is 1.84. The lowest BCUT2D eigenvalue weighted by molar-refractivity contribution is -0.125. The van der Waals surface area contributed by atoms with Crippen LogP contribution < -0.4 is 0 Å². The highest BCUT2D eigenvalue weighted by molar-refractivity contribution is 5.10. The van der Waals surface area contributed by atoms with Crippen molar-refractivity contribution in [1.82, 2.24) is 0 Å². The fourth-order valence-electron chi connectivity index (χ4n) is 1.37. The molecule has 2 rings (SSSR count). The van der Waals surface area contributed by atoms with Gasteiger partial charge in [0, 0.05) is 6.42 Å². The Morgan fingerprint density at radius 2 is 2.10 bits per heavy atom. The average molecular weight is 142 g/mol. The zero-order valence-electron chi connectivity index (χ0n) is 5.62. The first-order chi connectivity index (χ1) is 4.81. The number of aliphatic hydroxyl groups excluding tert-OH is 1. The maximum absolute atomic E-state index is 9.11. The van der Waals surface area contributed by atoms with Crippen molar-refractivity contribution < 1.29 is 14.6 Å². The van der Waals surface area contributed by atoms with Crippen molar-refractivity contribution >= 4 is 0 Å². The number of aliphatic hydroxyl groups is 1. The Bertz CT molecular complexity index is 158. The minimum absolute atomic E-state index is 0.391. The summed E-state index contributed by atoms with van der Waals surface area (Å²) in [6, 6.07) is 0. The van der Waals surface area contributed by atoms with Gasteiger partial charge in [-0.05, 0) is 6.08 Å². The summed E-state index contributed by atoms with van der Waals surface area (Å²) < 4.78 is 10.6. The van der Waals surface area contributed by atoms with Crippen molar-refractivity contribution in [3.8, 4) is 0 Å². The van der Waals surface area contributed by atoms with Crippen LogP contribution in [0.1, 0.15) is 6.42 Å². The number of ether oxygens (including phenoxy) is 2. The predicted octanol–water partition coefficient (Wildman–Crippen LogP) is 0.0503. The van der Waals surface area contributed by atoms with E-state index in [2.05, 4.69) is 0 Å². The Morgan fingerprint density at radius 1 is 1.40 bits per heavy atom. The molecule has 1 aliphatic carbocycles. The van der Waals surface area contributed by atoms with Crippen molar-refractivity contribution in [2.75, 3.05) is 13.2 Å². The van der Waals surface area contributed by atoms with Crippen LogP contribution in [0.25, 0.3) is 0 Å². The summed E-state index contributed by atoms with van der Waals surface area (Å²) in [5.74, 6) is -0.570. The normalized spacial score (nSPS) is 35.9. The number of hydrogen-bond acceptors (Lipinski definition) is 3. The van der Waals surface area contributed by atoms with Crippen molar-refractivity contribution in [3.05, 3.63) is 12.2 Å². The van der Waals surface area contributed by atoms with E-state index in [0.717, 1.165) is 0 Å². The molecule has 1 fully saturated rings. The van der Waals surface area contributed by atoms with Gasteiger partial charge in [0.1, 0.15) is 0 Å². The molecule has 1 aliphatic heterocycles. The van der Waals surface area contributed by atoms with E-state index in [9.17, 15) is 0 Å². The maximum Gasteiger partial charge on any atom is 0.190 e. The standard InChI is InChI=1S/C7H10O3/c8-6-1-2-7(5-6)9-3-4-10-7/h1-2,6,8H,3-5H2. The topological polar surface area (TPSA) is 38.7 Å². The molecule has 3 heteroatoms. The van der Waals surface area contributed by atoms with Crippen molar-refractivity contribution in [1.29, 1.82) is 0 Å². The van der Waals surface area contributed by atoms with Gasteiger partial charge in [-0.25, -0.2) is 0 Å². The zero-order valence-corrected chi connectivity index (χ0v) is 5.62. The van der Waals surface area contributed by atoms with E-state index in [1.54, 1.807) is 12.2 Å². The van der Waals surface area contributed by atoms with Gasteiger partial charge in [0.15, 0.2) is 5.79 Å². The highest BCUT2D eigenvalue weighted by Crippen LogP contribution is 2.31. The molecule has 0 aromatic rings. The van der Waals surface area contributed by atoms with E-state index in [1.165, 1.54) is 0 Å². The van der Waals surface area contributed by atoms with E-state index >= 15 is 0 Å². The maximum atomic E-state index is 9.11. The molecule has 0 aromatic carbocycles. The largest absolute Gasteiger partial charge is 0.389 e. The third-order valence-corrected chi connectivity index (χ3v) is 1.84. The first-order valence-electron chi connectivity index (χ1n) is 3.46. The van der Waals surface area contributed by atoms with Gasteiger partial charge in [-0.2, -0.15) is 0 Å². The minimum Gasteiger partial charge on any atom is -0.389 e. The van der Waals surface area contributed by atoms with Crippen LogP contribution in [0.2, 0.25) is 0 Å². The van der Waals surface area contributed by atoms with Crippen molar-refractivity contribution in [2.45, 2.75) is 18.3 Å². The highest BCUT2D eigenvalue weighted by Gasteiger charge is 2.39. The van der Waals surface area contributed by atoms with E-state index in [4.69, 9.17) is 14.6 Å². The van der Waals surface area contributed by atoms with Crippen LogP contribution in [-0.2, 0) is 9.47 Å². The Kier molecular flexibility index (Phi) is 1.30. The summed E-state index contributed by atoms with van der Waals surface area (Å²) in [6.07, 6.45) is 3.67. The van der Waals surface area contributed by atoms with Crippen LogP contribution in [0.5, 0.6) is 0 Å². The molecular weight excluding hydrogens is 132 g/mol. The molecule has 1 unspecified atom stereocenters. The van der Waals surface area contributed by atoms with Gasteiger partial charge in [-0.3, -0.25) is 0 Å². The Hall–Kier alpha value is -0.380. The third kappa shape index (κ3) is 0.868. The zero-order chi connectivity index (χ0) is 7.03. The second kappa shape index (κ2) is 2.05. The molecule has 1 N–H and O–H groups in total. The molecule has 1 heterocycles. The average Bonchev–Trinajstić information content (AvgIpc) is 2.46. The molecule has 2 aliphatic rings. The summed E-state index contributed by atoms with van der Waals surface area (Å²) >= 11 is 0. The van der Waals surface area contributed by atoms with Gasteiger partial charge in [0.2, 0.25) is 0 Å². The molecule has 1 atom stereocenters. The Balaban J connectivity index is 2.11. The molecule has 3 nitrogen and oxygen atoms in total. The van der Waals surface area contributed by atoms with E-state index in [-0.39, 0.29) is 0 Å². The summed E-state index contributed by atoms with van der Waals surface area (Å²) in [5, 5.41) is 9.11. The number of rotatable bonds is 0. The highest BCUT2D eigenvalue weighted by atomic mass is 16.7. The number of hydrogen-bond donors (Lipinski definition) is 1. The van der Waals surface area contributed by atoms with E-state index in [0.29, 0.717) is 19.6 Å². The molecule has 56 valence electrons. The second-order valence-corrected chi connectivity index (χ2v) is 2.64. The van der Waals surface area contributed by atoms with Gasteiger partial charge in [-0.15, -0.1) is 0 Å². The lowest BCUT2D eigenvalue weighted by Gasteiger charge is -2.19. The van der Waals surface area contributed by atoms with Crippen LogP contribution in [0.3, 0.4) is 0 Å². The molecule has 0 bridgehead atoms. The molecule has 0 radical (unpaired) electrons. The molecule has 0 amide bonds. The second-order valence-electron chi connectivity index (χ2n) is 2.64. The lowest BCUT2D eigenvalue weighted by atomic mass is 10.2. The van der Waals surface area contributed by atoms with Gasteiger partial charge in [-0.1, -0.05) is 6.08 Å². The minimum atomic E-state index is -0.570. The molecular formula is C7H10O3. The van der Waals surface area contributed by atoms with Gasteiger partial charge in [0.05, 0.1) is 19.3 Å². The SMILES string of the molecule is OC1C=CC2(C1)OCCO2. The lowest BCUT2D eigenvalue weighted by Crippen LogP contribution is -2.26. The van der Waals surface area contributed by atoms with Crippen molar-refractivity contribution in [3.63, 3.8) is 0 Å². The Labute approximate surface area is 59.2 Å². The molecule has 0 saturated carbocycles. The summed E-state index contributed by atoms with van der Waals surface area (Å²) in [7, 11) is 0. The fourth-order valence-corrected chi connectivity index (χ4v) is 1.37. The summed E-state index contributed by atoms with van der Waals surface area (Å²) in [6.45, 7) is 1.27. The van der Waals surface area contributed by atoms with Gasteiger partial charge >= 0.3 is 0 Å². The predicted molar refractivity (Wildman–Crippen MR) is 34.4 cm³/mol. The molecule has 1 saturated heterocycles. The molecule has 0 aromatic heterocycles. The van der Waals surface area contributed by atoms with Crippen LogP contribution >= 0.6 is 0 Å². The van der Waals surface area contributed by atoms with E-state index < -0.39 is 11.9 Å². The molecule has 1 spiro atoms. The van der Waals surface area contributed by atoms with E-state index in [1.807, 2.05) is 0 Å². The smallest absolute Gasteiger partial charge is 0.190 e. The van der Waals surface area contributed by atoms with Gasteiger partial charge < -0.3 is 14.6 Å².